The first-order valence-electron chi connectivity index (χ1n) is 6.19. The maximum absolute atomic E-state index is 12.3. The van der Waals surface area contributed by atoms with Gasteiger partial charge < -0.3 is 5.32 Å². The summed E-state index contributed by atoms with van der Waals surface area (Å²) in [5.41, 5.74) is 2.52. The fourth-order valence-corrected chi connectivity index (χ4v) is 3.30. The number of anilines is 1. The van der Waals surface area contributed by atoms with E-state index in [0.717, 1.165) is 12.8 Å². The van der Waals surface area contributed by atoms with E-state index < -0.39 is 0 Å². The molecule has 0 saturated carbocycles. The van der Waals surface area contributed by atoms with Crippen LogP contribution in [0.5, 0.6) is 0 Å². The Labute approximate surface area is 133 Å². The third-order valence-corrected chi connectivity index (χ3v) is 4.30. The summed E-state index contributed by atoms with van der Waals surface area (Å²) < 4.78 is 1.14. The normalized spacial score (nSPS) is 14.1. The van der Waals surface area contributed by atoms with Crippen molar-refractivity contribution in [2.45, 2.75) is 12.8 Å². The number of fused-ring (bicyclic) bond motifs is 1. The highest BCUT2D eigenvalue weighted by Crippen LogP contribution is 2.28. The van der Waals surface area contributed by atoms with E-state index in [-0.39, 0.29) is 11.8 Å². The highest BCUT2D eigenvalue weighted by atomic mass is 79.9. The van der Waals surface area contributed by atoms with Crippen LogP contribution in [0.4, 0.5) is 5.82 Å². The summed E-state index contributed by atoms with van der Waals surface area (Å²) in [5, 5.41) is 2.83. The molecular formula is C14H11Br2N3O. The van der Waals surface area contributed by atoms with Crippen LogP contribution in [-0.4, -0.2) is 15.9 Å². The molecule has 1 aromatic carbocycles. The van der Waals surface area contributed by atoms with E-state index in [1.165, 1.54) is 11.1 Å². The molecule has 1 aliphatic rings. The Morgan fingerprint density at radius 1 is 1.20 bits per heavy atom. The first-order chi connectivity index (χ1) is 9.63. The molecule has 102 valence electrons. The van der Waals surface area contributed by atoms with Crippen LogP contribution in [0.25, 0.3) is 0 Å². The van der Waals surface area contributed by atoms with Crippen LogP contribution in [0, 0.1) is 5.92 Å². The number of nitrogens with zero attached hydrogens (tertiary/aromatic N) is 2. The molecule has 0 fully saturated rings. The molecule has 6 heteroatoms. The third-order valence-electron chi connectivity index (χ3n) is 3.36. The average molecular weight is 397 g/mol. The largest absolute Gasteiger partial charge is 0.308 e. The van der Waals surface area contributed by atoms with E-state index in [2.05, 4.69) is 59.3 Å². The van der Waals surface area contributed by atoms with Crippen molar-refractivity contribution in [3.8, 4) is 0 Å². The van der Waals surface area contributed by atoms with Crippen LogP contribution in [-0.2, 0) is 17.6 Å². The van der Waals surface area contributed by atoms with Crippen molar-refractivity contribution in [2.75, 3.05) is 5.32 Å². The molecule has 1 heterocycles. The minimum atomic E-state index is -0.0373. The molecule has 3 rings (SSSR count). The second-order valence-corrected chi connectivity index (χ2v) is 6.26. The number of hydrogen-bond acceptors (Lipinski definition) is 3. The SMILES string of the molecule is O=C(Nc1ncc(Br)nc1Br)C1Cc2ccccc2C1. The fourth-order valence-electron chi connectivity index (χ4n) is 2.39. The van der Waals surface area contributed by atoms with Crippen LogP contribution < -0.4 is 5.32 Å². The van der Waals surface area contributed by atoms with Crippen molar-refractivity contribution < 1.29 is 4.79 Å². The number of benzene rings is 1. The maximum atomic E-state index is 12.3. The average Bonchev–Trinajstić information content (AvgIpc) is 2.86. The standard InChI is InChI=1S/C14H11Br2N3O/c15-11-7-17-13(12(16)18-11)19-14(20)10-5-8-3-1-2-4-9(8)6-10/h1-4,7,10H,5-6H2,(H,17,19,20). The second-order valence-electron chi connectivity index (χ2n) is 4.70. The molecule has 4 nitrogen and oxygen atoms in total. The zero-order valence-electron chi connectivity index (χ0n) is 10.4. The second kappa shape index (κ2) is 5.61. The zero-order chi connectivity index (χ0) is 14.1. The minimum absolute atomic E-state index is 0.0153. The Bertz CT molecular complexity index is 650. The summed E-state index contributed by atoms with van der Waals surface area (Å²) >= 11 is 6.53. The van der Waals surface area contributed by atoms with Gasteiger partial charge in [-0.1, -0.05) is 24.3 Å². The number of carbonyl (C=O) groups is 1. The Balaban J connectivity index is 1.72. The van der Waals surface area contributed by atoms with Crippen LogP contribution in [0.2, 0.25) is 0 Å². The molecule has 2 aromatic rings. The molecule has 20 heavy (non-hydrogen) atoms. The molecule has 0 radical (unpaired) electrons. The van der Waals surface area contributed by atoms with Gasteiger partial charge in [-0.3, -0.25) is 4.79 Å². The van der Waals surface area contributed by atoms with Gasteiger partial charge in [0.15, 0.2) is 5.82 Å². The minimum Gasteiger partial charge on any atom is -0.308 e. The number of nitrogens with one attached hydrogen (secondary N) is 1. The van der Waals surface area contributed by atoms with E-state index >= 15 is 0 Å². The predicted molar refractivity (Wildman–Crippen MR) is 83.4 cm³/mol. The van der Waals surface area contributed by atoms with Gasteiger partial charge in [-0.05, 0) is 55.8 Å². The molecule has 1 amide bonds. The predicted octanol–water partition coefficient (Wildman–Crippen LogP) is 3.36. The summed E-state index contributed by atoms with van der Waals surface area (Å²) in [6, 6.07) is 8.18. The van der Waals surface area contributed by atoms with Crippen LogP contribution in [0.1, 0.15) is 11.1 Å². The van der Waals surface area contributed by atoms with Crippen molar-refractivity contribution in [1.29, 1.82) is 0 Å². The number of rotatable bonds is 2. The number of hydrogen-bond donors (Lipinski definition) is 1. The number of aromatic nitrogens is 2. The van der Waals surface area contributed by atoms with Crippen LogP contribution in [0.3, 0.4) is 0 Å². The Morgan fingerprint density at radius 3 is 2.45 bits per heavy atom. The fraction of sp³-hybridized carbons (Fsp3) is 0.214. The van der Waals surface area contributed by atoms with Gasteiger partial charge in [0.25, 0.3) is 0 Å². The lowest BCUT2D eigenvalue weighted by atomic mass is 10.1. The van der Waals surface area contributed by atoms with Gasteiger partial charge in [0, 0.05) is 5.92 Å². The number of halogens is 2. The lowest BCUT2D eigenvalue weighted by molar-refractivity contribution is -0.119. The lowest BCUT2D eigenvalue weighted by Gasteiger charge is -2.10. The van der Waals surface area contributed by atoms with E-state index in [9.17, 15) is 4.79 Å². The van der Waals surface area contributed by atoms with Crippen molar-refractivity contribution in [2.24, 2.45) is 5.92 Å². The smallest absolute Gasteiger partial charge is 0.229 e. The van der Waals surface area contributed by atoms with Gasteiger partial charge >= 0.3 is 0 Å². The monoisotopic (exact) mass is 395 g/mol. The molecular weight excluding hydrogens is 386 g/mol. The first-order valence-corrected chi connectivity index (χ1v) is 7.78. The summed E-state index contributed by atoms with van der Waals surface area (Å²) in [6.07, 6.45) is 3.12. The first kappa shape index (κ1) is 13.7. The summed E-state index contributed by atoms with van der Waals surface area (Å²) in [5.74, 6) is 0.400. The van der Waals surface area contributed by atoms with Crippen LogP contribution >= 0.6 is 31.9 Å². The molecule has 1 aromatic heterocycles. The lowest BCUT2D eigenvalue weighted by Crippen LogP contribution is -2.24. The molecule has 1 aliphatic carbocycles. The van der Waals surface area contributed by atoms with Gasteiger partial charge in [-0.15, -0.1) is 0 Å². The Kier molecular flexibility index (Phi) is 3.85. The van der Waals surface area contributed by atoms with Crippen molar-refractivity contribution in [3.05, 3.63) is 50.8 Å². The summed E-state index contributed by atoms with van der Waals surface area (Å²) in [4.78, 5) is 20.6. The molecule has 1 N–H and O–H groups in total. The molecule has 0 unspecified atom stereocenters. The summed E-state index contributed by atoms with van der Waals surface area (Å²) in [6.45, 7) is 0. The maximum Gasteiger partial charge on any atom is 0.229 e. The van der Waals surface area contributed by atoms with Gasteiger partial charge in [0.2, 0.25) is 5.91 Å². The van der Waals surface area contributed by atoms with Crippen molar-refractivity contribution >= 4 is 43.6 Å². The molecule has 0 atom stereocenters. The van der Waals surface area contributed by atoms with Gasteiger partial charge in [-0.2, -0.15) is 0 Å². The Morgan fingerprint density at radius 2 is 1.85 bits per heavy atom. The van der Waals surface area contributed by atoms with Gasteiger partial charge in [0.05, 0.1) is 6.20 Å². The highest BCUT2D eigenvalue weighted by molar-refractivity contribution is 9.11. The number of carbonyl (C=O) groups excluding carboxylic acids is 1. The molecule has 0 saturated heterocycles. The Hall–Kier alpha value is -1.27. The third kappa shape index (κ3) is 2.76. The molecule has 0 bridgehead atoms. The van der Waals surface area contributed by atoms with Gasteiger partial charge in [0.1, 0.15) is 9.21 Å². The van der Waals surface area contributed by atoms with E-state index in [0.29, 0.717) is 15.0 Å². The quantitative estimate of drug-likeness (QED) is 0.846. The zero-order valence-corrected chi connectivity index (χ0v) is 13.6. The highest BCUT2D eigenvalue weighted by Gasteiger charge is 2.27. The van der Waals surface area contributed by atoms with Gasteiger partial charge in [-0.25, -0.2) is 9.97 Å². The van der Waals surface area contributed by atoms with Crippen LogP contribution in [0.15, 0.2) is 39.7 Å². The van der Waals surface area contributed by atoms with E-state index in [1.807, 2.05) is 12.1 Å². The molecule has 0 aliphatic heterocycles. The van der Waals surface area contributed by atoms with Crippen molar-refractivity contribution in [3.63, 3.8) is 0 Å². The number of amides is 1. The molecule has 0 spiro atoms. The van der Waals surface area contributed by atoms with E-state index in [4.69, 9.17) is 0 Å². The van der Waals surface area contributed by atoms with Crippen molar-refractivity contribution in [1.82, 2.24) is 9.97 Å². The van der Waals surface area contributed by atoms with E-state index in [1.54, 1.807) is 6.20 Å². The summed E-state index contributed by atoms with van der Waals surface area (Å²) in [7, 11) is 0. The topological polar surface area (TPSA) is 54.9 Å².